The maximum atomic E-state index is 12.6. The van der Waals surface area contributed by atoms with Gasteiger partial charge < -0.3 is 20.4 Å². The number of nitrogens with one attached hydrogen (secondary N) is 1. The predicted octanol–water partition coefficient (Wildman–Crippen LogP) is 2.53. The molecule has 1 aliphatic heterocycles. The molecule has 0 saturated carbocycles. The van der Waals surface area contributed by atoms with E-state index in [4.69, 9.17) is 10.2 Å². The van der Waals surface area contributed by atoms with Crippen molar-refractivity contribution in [1.82, 2.24) is 10.3 Å². The third-order valence-corrected chi connectivity index (χ3v) is 5.53. The van der Waals surface area contributed by atoms with E-state index in [1.807, 2.05) is 31.2 Å². The van der Waals surface area contributed by atoms with Crippen LogP contribution in [0.15, 0.2) is 28.7 Å². The molecule has 3 N–H and O–H groups in total. The Morgan fingerprint density at radius 2 is 2.08 bits per heavy atom. The van der Waals surface area contributed by atoms with Crippen LogP contribution in [0, 0.1) is 11.8 Å². The summed E-state index contributed by atoms with van der Waals surface area (Å²) in [7, 11) is 0. The third kappa shape index (κ3) is 3.63. The predicted molar refractivity (Wildman–Crippen MR) is 99.4 cm³/mol. The smallest absolute Gasteiger partial charge is 0.298 e. The highest BCUT2D eigenvalue weighted by molar-refractivity contribution is 5.80. The summed E-state index contributed by atoms with van der Waals surface area (Å²) in [6, 6.07) is 8.41. The molecule has 6 nitrogen and oxygen atoms in total. The molecule has 3 rings (SSSR count). The molecule has 25 heavy (non-hydrogen) atoms. The van der Waals surface area contributed by atoms with Gasteiger partial charge in [0.25, 0.3) is 6.01 Å². The van der Waals surface area contributed by atoms with E-state index < -0.39 is 0 Å². The van der Waals surface area contributed by atoms with Crippen molar-refractivity contribution in [2.24, 2.45) is 17.6 Å². The summed E-state index contributed by atoms with van der Waals surface area (Å²) in [4.78, 5) is 19.3. The van der Waals surface area contributed by atoms with E-state index in [0.717, 1.165) is 37.0 Å². The van der Waals surface area contributed by atoms with Crippen LogP contribution in [0.1, 0.15) is 33.6 Å². The molecule has 2 heterocycles. The minimum atomic E-state index is -0.353. The summed E-state index contributed by atoms with van der Waals surface area (Å²) in [5, 5.41) is 3.17. The number of fused-ring (bicyclic) bond motifs is 1. The first-order valence-electron chi connectivity index (χ1n) is 9.05. The van der Waals surface area contributed by atoms with Crippen LogP contribution >= 0.6 is 0 Å². The molecule has 6 heteroatoms. The van der Waals surface area contributed by atoms with Crippen LogP contribution in [0.25, 0.3) is 11.1 Å². The van der Waals surface area contributed by atoms with Crippen molar-refractivity contribution in [1.29, 1.82) is 0 Å². The number of aromatic nitrogens is 1. The van der Waals surface area contributed by atoms with E-state index in [0.29, 0.717) is 18.5 Å². The third-order valence-electron chi connectivity index (χ3n) is 5.53. The minimum absolute atomic E-state index is 0.0188. The molecule has 136 valence electrons. The van der Waals surface area contributed by atoms with E-state index in [-0.39, 0.29) is 17.4 Å². The van der Waals surface area contributed by atoms with Gasteiger partial charge in [0, 0.05) is 25.6 Å². The number of nitrogens with two attached hydrogens (primary N) is 1. The number of piperidine rings is 1. The largest absolute Gasteiger partial charge is 0.423 e. The van der Waals surface area contributed by atoms with Crippen LogP contribution in [-0.2, 0) is 4.79 Å². The van der Waals surface area contributed by atoms with Gasteiger partial charge in [0.2, 0.25) is 5.91 Å². The number of oxazole rings is 1. The van der Waals surface area contributed by atoms with Crippen LogP contribution in [0.4, 0.5) is 6.01 Å². The second-order valence-corrected chi connectivity index (χ2v) is 7.49. The van der Waals surface area contributed by atoms with Crippen molar-refractivity contribution < 1.29 is 9.21 Å². The zero-order valence-electron chi connectivity index (χ0n) is 15.3. The Hall–Kier alpha value is -2.08. The van der Waals surface area contributed by atoms with Gasteiger partial charge in [-0.15, -0.1) is 0 Å². The second kappa shape index (κ2) is 7.04. The lowest BCUT2D eigenvalue weighted by Gasteiger charge is -2.37. The van der Waals surface area contributed by atoms with E-state index in [1.165, 1.54) is 0 Å². The zero-order valence-corrected chi connectivity index (χ0v) is 15.3. The zero-order chi connectivity index (χ0) is 18.0. The van der Waals surface area contributed by atoms with Crippen LogP contribution in [0.2, 0.25) is 0 Å². The quantitative estimate of drug-likeness (QED) is 0.871. The van der Waals surface area contributed by atoms with Gasteiger partial charge in [0.1, 0.15) is 5.52 Å². The van der Waals surface area contributed by atoms with Gasteiger partial charge in [-0.3, -0.25) is 4.79 Å². The van der Waals surface area contributed by atoms with Crippen molar-refractivity contribution in [3.8, 4) is 0 Å². The molecule has 1 aliphatic rings. The Morgan fingerprint density at radius 3 is 2.68 bits per heavy atom. The maximum Gasteiger partial charge on any atom is 0.298 e. The first-order valence-corrected chi connectivity index (χ1v) is 9.05. The molecular weight excluding hydrogens is 316 g/mol. The topological polar surface area (TPSA) is 84.4 Å². The molecule has 2 aromatic rings. The van der Waals surface area contributed by atoms with Gasteiger partial charge >= 0.3 is 0 Å². The van der Waals surface area contributed by atoms with E-state index in [1.54, 1.807) is 0 Å². The lowest BCUT2D eigenvalue weighted by molar-refractivity contribution is -0.127. The van der Waals surface area contributed by atoms with Crippen LogP contribution in [-0.4, -0.2) is 36.1 Å². The Balaban J connectivity index is 1.60. The molecule has 0 spiro atoms. The first kappa shape index (κ1) is 17.7. The van der Waals surface area contributed by atoms with Gasteiger partial charge in [-0.1, -0.05) is 26.0 Å². The Morgan fingerprint density at radius 1 is 1.40 bits per heavy atom. The average Bonchev–Trinajstić information content (AvgIpc) is 3.05. The number of carbonyl (C=O) groups excluding carboxylic acids is 1. The lowest BCUT2D eigenvalue weighted by Crippen LogP contribution is -2.57. The monoisotopic (exact) mass is 344 g/mol. The van der Waals surface area contributed by atoms with E-state index in [2.05, 4.69) is 29.0 Å². The van der Waals surface area contributed by atoms with Crippen molar-refractivity contribution in [3.05, 3.63) is 24.3 Å². The molecule has 1 unspecified atom stereocenters. The number of nitrogens with zero attached hydrogens (tertiary/aromatic N) is 2. The summed E-state index contributed by atoms with van der Waals surface area (Å²) >= 11 is 0. The summed E-state index contributed by atoms with van der Waals surface area (Å²) in [6.45, 7) is 8.17. The van der Waals surface area contributed by atoms with Crippen molar-refractivity contribution in [3.63, 3.8) is 0 Å². The minimum Gasteiger partial charge on any atom is -0.423 e. The highest BCUT2D eigenvalue weighted by atomic mass is 16.4. The molecule has 0 bridgehead atoms. The lowest BCUT2D eigenvalue weighted by atomic mass is 9.86. The van der Waals surface area contributed by atoms with Crippen LogP contribution in [0.5, 0.6) is 0 Å². The van der Waals surface area contributed by atoms with E-state index in [9.17, 15) is 4.79 Å². The fourth-order valence-electron chi connectivity index (χ4n) is 3.14. The van der Waals surface area contributed by atoms with Crippen molar-refractivity contribution in [2.75, 3.05) is 24.5 Å². The van der Waals surface area contributed by atoms with Gasteiger partial charge in [-0.25, -0.2) is 0 Å². The fourth-order valence-corrected chi connectivity index (χ4v) is 3.14. The number of amides is 1. The van der Waals surface area contributed by atoms with E-state index >= 15 is 0 Å². The fraction of sp³-hybridized carbons (Fsp3) is 0.579. The normalized spacial score (nSPS) is 18.5. The molecule has 1 atom stereocenters. The van der Waals surface area contributed by atoms with Crippen LogP contribution < -0.4 is 16.0 Å². The number of hydrogen-bond donors (Lipinski definition) is 2. The van der Waals surface area contributed by atoms with Crippen LogP contribution in [0.3, 0.4) is 0 Å². The van der Waals surface area contributed by atoms with Gasteiger partial charge in [-0.2, -0.15) is 4.98 Å². The number of rotatable bonds is 5. The second-order valence-electron chi connectivity index (χ2n) is 7.49. The summed E-state index contributed by atoms with van der Waals surface area (Å²) in [5.41, 5.74) is 7.19. The molecule has 0 aliphatic carbocycles. The molecular formula is C19H28N4O2. The molecule has 1 aromatic heterocycles. The van der Waals surface area contributed by atoms with Gasteiger partial charge in [-0.05, 0) is 37.8 Å². The Bertz CT molecular complexity index is 701. The molecule has 1 fully saturated rings. The number of hydrogen-bond acceptors (Lipinski definition) is 5. The molecule has 1 saturated heterocycles. The standard InChI is InChI=1S/C19H28N4O2/c1-13(2)19(3,12-20)22-17(24)14-8-10-23(11-9-14)18-21-15-6-4-5-7-16(15)25-18/h4-7,13-14H,8-12,20H2,1-3H3,(H,22,24). The number of anilines is 1. The van der Waals surface area contributed by atoms with Crippen molar-refractivity contribution >= 4 is 23.0 Å². The molecule has 1 aromatic carbocycles. The highest BCUT2D eigenvalue weighted by Gasteiger charge is 2.33. The maximum absolute atomic E-state index is 12.6. The van der Waals surface area contributed by atoms with Crippen molar-refractivity contribution in [2.45, 2.75) is 39.2 Å². The molecule has 1 amide bonds. The Labute approximate surface area is 148 Å². The first-order chi connectivity index (χ1) is 11.9. The number of carbonyl (C=O) groups is 1. The Kier molecular flexibility index (Phi) is 4.99. The number of benzene rings is 1. The SMILES string of the molecule is CC(C)C(C)(CN)NC(=O)C1CCN(c2nc3ccccc3o2)CC1. The van der Waals surface area contributed by atoms with Gasteiger partial charge in [0.05, 0.1) is 5.54 Å². The summed E-state index contributed by atoms with van der Waals surface area (Å²) in [6.07, 6.45) is 1.59. The van der Waals surface area contributed by atoms with Gasteiger partial charge in [0.15, 0.2) is 5.58 Å². The average molecular weight is 344 g/mol. The highest BCUT2D eigenvalue weighted by Crippen LogP contribution is 2.27. The molecule has 0 radical (unpaired) electrons. The number of para-hydroxylation sites is 2. The summed E-state index contributed by atoms with van der Waals surface area (Å²) in [5.74, 6) is 0.422. The summed E-state index contributed by atoms with van der Waals surface area (Å²) < 4.78 is 5.83.